The predicted octanol–water partition coefficient (Wildman–Crippen LogP) is 0.110. The van der Waals surface area contributed by atoms with E-state index >= 15 is 0 Å². The average Bonchev–Trinajstić information content (AvgIpc) is 2.61. The average molecular weight is 340 g/mol. The first kappa shape index (κ1) is 16.5. The van der Waals surface area contributed by atoms with Gasteiger partial charge in [0.05, 0.1) is 12.4 Å². The summed E-state index contributed by atoms with van der Waals surface area (Å²) in [4.78, 5) is 19.9. The highest BCUT2D eigenvalue weighted by Crippen LogP contribution is 2.28. The number of nitriles is 1. The van der Waals surface area contributed by atoms with Gasteiger partial charge in [0.25, 0.3) is 5.91 Å². The zero-order chi connectivity index (χ0) is 17.8. The lowest BCUT2D eigenvalue weighted by molar-refractivity contribution is 0.0893. The number of aromatic nitrogens is 4. The summed E-state index contributed by atoms with van der Waals surface area (Å²) in [6.07, 6.45) is 4.13. The van der Waals surface area contributed by atoms with E-state index in [9.17, 15) is 4.79 Å². The van der Waals surface area contributed by atoms with Crippen LogP contribution in [0.3, 0.4) is 0 Å². The van der Waals surface area contributed by atoms with E-state index in [1.54, 1.807) is 6.07 Å². The Morgan fingerprint density at radius 1 is 1.32 bits per heavy atom. The number of carbonyl (C=O) groups excluding carboxylic acids is 1. The van der Waals surface area contributed by atoms with Crippen molar-refractivity contribution in [3.05, 3.63) is 29.8 Å². The molecular formula is C15H16N8O2. The molecule has 2 aromatic rings. The molecule has 0 unspecified atom stereocenters. The van der Waals surface area contributed by atoms with Gasteiger partial charge >= 0.3 is 0 Å². The summed E-state index contributed by atoms with van der Waals surface area (Å²) in [6, 6.07) is 3.58. The molecule has 1 aliphatic rings. The number of amides is 1. The van der Waals surface area contributed by atoms with Crippen LogP contribution in [-0.2, 0) is 0 Å². The van der Waals surface area contributed by atoms with Crippen molar-refractivity contribution in [3.63, 3.8) is 0 Å². The van der Waals surface area contributed by atoms with Crippen LogP contribution in [0.2, 0.25) is 0 Å². The monoisotopic (exact) mass is 340 g/mol. The van der Waals surface area contributed by atoms with E-state index in [0.29, 0.717) is 17.4 Å². The Bertz CT molecular complexity index is 811. The van der Waals surface area contributed by atoms with Crippen LogP contribution >= 0.6 is 0 Å². The van der Waals surface area contributed by atoms with Gasteiger partial charge in [-0.2, -0.15) is 5.26 Å². The fourth-order valence-corrected chi connectivity index (χ4v) is 2.26. The van der Waals surface area contributed by atoms with Crippen LogP contribution < -0.4 is 21.1 Å². The first-order valence-electron chi connectivity index (χ1n) is 7.60. The minimum Gasteiger partial charge on any atom is -0.488 e. The number of hydrogen-bond donors (Lipinski definition) is 3. The summed E-state index contributed by atoms with van der Waals surface area (Å²) in [5.74, 6) is 0.647. The molecule has 0 saturated heterocycles. The lowest BCUT2D eigenvalue weighted by Crippen LogP contribution is -2.43. The number of ether oxygens (including phenoxy) is 1. The molecule has 4 N–H and O–H groups in total. The maximum Gasteiger partial charge on any atom is 0.275 e. The molecule has 10 heteroatoms. The van der Waals surface area contributed by atoms with Crippen LogP contribution in [-0.4, -0.2) is 45.3 Å². The van der Waals surface area contributed by atoms with Gasteiger partial charge in [0.15, 0.2) is 23.0 Å². The molecule has 10 nitrogen and oxygen atoms in total. The second-order valence-corrected chi connectivity index (χ2v) is 5.52. The van der Waals surface area contributed by atoms with Crippen LogP contribution in [0.25, 0.3) is 0 Å². The Kier molecular flexibility index (Phi) is 4.67. The van der Waals surface area contributed by atoms with Crippen LogP contribution in [0.1, 0.15) is 29.0 Å². The molecule has 1 aliphatic carbocycles. The zero-order valence-corrected chi connectivity index (χ0v) is 13.4. The molecule has 0 aliphatic heterocycles. The van der Waals surface area contributed by atoms with E-state index in [-0.39, 0.29) is 23.5 Å². The van der Waals surface area contributed by atoms with Gasteiger partial charge < -0.3 is 21.1 Å². The van der Waals surface area contributed by atoms with E-state index in [0.717, 1.165) is 12.8 Å². The molecule has 25 heavy (non-hydrogen) atoms. The van der Waals surface area contributed by atoms with Crippen molar-refractivity contribution in [3.8, 4) is 11.8 Å². The van der Waals surface area contributed by atoms with Gasteiger partial charge in [0.2, 0.25) is 0 Å². The number of nitrogens with zero attached hydrogens (tertiary/aromatic N) is 5. The molecule has 0 atom stereocenters. The number of carbonyl (C=O) groups is 1. The lowest BCUT2D eigenvalue weighted by Gasteiger charge is -2.32. The summed E-state index contributed by atoms with van der Waals surface area (Å²) in [5.41, 5.74) is 6.07. The Hall–Kier alpha value is -3.32. The third-order valence-corrected chi connectivity index (χ3v) is 3.65. The molecular weight excluding hydrogens is 324 g/mol. The highest BCUT2D eigenvalue weighted by molar-refractivity contribution is 5.94. The molecule has 3 rings (SSSR count). The molecule has 1 fully saturated rings. The summed E-state index contributed by atoms with van der Waals surface area (Å²) in [7, 11) is 1.51. The van der Waals surface area contributed by atoms with Gasteiger partial charge in [-0.05, 0) is 12.8 Å². The highest BCUT2D eigenvalue weighted by atomic mass is 16.5. The molecule has 0 aromatic carbocycles. The largest absolute Gasteiger partial charge is 0.488 e. The molecule has 1 saturated carbocycles. The van der Waals surface area contributed by atoms with Crippen molar-refractivity contribution in [2.24, 2.45) is 5.73 Å². The normalized spacial score (nSPS) is 18.6. The summed E-state index contributed by atoms with van der Waals surface area (Å²) < 4.78 is 5.83. The molecule has 128 valence electrons. The Morgan fingerprint density at radius 2 is 2.12 bits per heavy atom. The van der Waals surface area contributed by atoms with Gasteiger partial charge in [-0.15, -0.1) is 10.2 Å². The third kappa shape index (κ3) is 3.78. The zero-order valence-electron chi connectivity index (χ0n) is 13.4. The summed E-state index contributed by atoms with van der Waals surface area (Å²) in [6.45, 7) is 0. The van der Waals surface area contributed by atoms with Crippen LogP contribution in [0.15, 0.2) is 18.5 Å². The molecule has 1 amide bonds. The third-order valence-electron chi connectivity index (χ3n) is 3.65. The SMILES string of the molecule is CNC(=O)c1nnc(Nc2cnc(C#N)cn2)cc1OC1CC(N)C1. The number of hydrogen-bond acceptors (Lipinski definition) is 9. The minimum absolute atomic E-state index is 0.0508. The van der Waals surface area contributed by atoms with E-state index in [2.05, 4.69) is 30.8 Å². The summed E-state index contributed by atoms with van der Waals surface area (Å²) >= 11 is 0. The van der Waals surface area contributed by atoms with E-state index in [1.807, 2.05) is 6.07 Å². The van der Waals surface area contributed by atoms with Crippen LogP contribution in [0.4, 0.5) is 11.6 Å². The number of rotatable bonds is 5. The van der Waals surface area contributed by atoms with Gasteiger partial charge in [-0.3, -0.25) is 4.79 Å². The Labute approximate surface area is 143 Å². The quantitative estimate of drug-likeness (QED) is 0.688. The highest BCUT2D eigenvalue weighted by Gasteiger charge is 2.29. The molecule has 0 radical (unpaired) electrons. The number of anilines is 2. The van der Waals surface area contributed by atoms with Crippen molar-refractivity contribution in [2.75, 3.05) is 12.4 Å². The maximum absolute atomic E-state index is 11.9. The molecule has 0 spiro atoms. The van der Waals surface area contributed by atoms with Gasteiger partial charge in [-0.25, -0.2) is 9.97 Å². The Morgan fingerprint density at radius 3 is 2.72 bits per heavy atom. The minimum atomic E-state index is -0.393. The van der Waals surface area contributed by atoms with Crippen molar-refractivity contribution in [2.45, 2.75) is 25.0 Å². The number of nitrogens with two attached hydrogens (primary N) is 1. The fourth-order valence-electron chi connectivity index (χ4n) is 2.26. The van der Waals surface area contributed by atoms with Gasteiger partial charge in [0.1, 0.15) is 18.0 Å². The van der Waals surface area contributed by atoms with Crippen molar-refractivity contribution < 1.29 is 9.53 Å². The first-order valence-corrected chi connectivity index (χ1v) is 7.60. The number of nitrogens with one attached hydrogen (secondary N) is 2. The second kappa shape index (κ2) is 7.06. The lowest BCUT2D eigenvalue weighted by atomic mass is 9.90. The summed E-state index contributed by atoms with van der Waals surface area (Å²) in [5, 5.41) is 22.0. The van der Waals surface area contributed by atoms with Crippen LogP contribution in [0, 0.1) is 11.3 Å². The van der Waals surface area contributed by atoms with E-state index in [4.69, 9.17) is 15.7 Å². The molecule has 2 heterocycles. The second-order valence-electron chi connectivity index (χ2n) is 5.52. The van der Waals surface area contributed by atoms with Crippen LogP contribution in [0.5, 0.6) is 5.75 Å². The first-order chi connectivity index (χ1) is 12.1. The fraction of sp³-hybridized carbons (Fsp3) is 0.333. The molecule has 2 aromatic heterocycles. The topological polar surface area (TPSA) is 152 Å². The Balaban J connectivity index is 1.81. The van der Waals surface area contributed by atoms with E-state index < -0.39 is 5.91 Å². The van der Waals surface area contributed by atoms with Crippen molar-refractivity contribution in [1.29, 1.82) is 5.26 Å². The van der Waals surface area contributed by atoms with E-state index in [1.165, 1.54) is 19.4 Å². The van der Waals surface area contributed by atoms with Gasteiger partial charge in [0, 0.05) is 19.2 Å². The molecule has 0 bridgehead atoms. The van der Waals surface area contributed by atoms with Crippen molar-refractivity contribution in [1.82, 2.24) is 25.5 Å². The standard InChI is InChI=1S/C15H16N8O2/c1-18-15(24)14-11(25-10-2-8(17)3-10)4-12(22-23-14)21-13-7-19-9(5-16)6-20-13/h4,6-8,10H,2-3,17H2,1H3,(H,18,24)(H,20,21,22). The van der Waals surface area contributed by atoms with Gasteiger partial charge in [-0.1, -0.05) is 0 Å². The maximum atomic E-state index is 11.9. The smallest absolute Gasteiger partial charge is 0.275 e. The van der Waals surface area contributed by atoms with Crippen molar-refractivity contribution >= 4 is 17.5 Å². The predicted molar refractivity (Wildman–Crippen MR) is 87.1 cm³/mol.